The number of hydrogen-bond acceptors (Lipinski definition) is 2. The van der Waals surface area contributed by atoms with Crippen molar-refractivity contribution >= 4 is 43.2 Å². The van der Waals surface area contributed by atoms with Gasteiger partial charge in [-0.2, -0.15) is 11.3 Å². The molecule has 0 spiro atoms. The summed E-state index contributed by atoms with van der Waals surface area (Å²) in [6, 6.07) is 5.29. The van der Waals surface area contributed by atoms with E-state index in [1.807, 2.05) is 17.5 Å². The van der Waals surface area contributed by atoms with E-state index >= 15 is 0 Å². The fraction of sp³-hybridized carbons (Fsp3) is 0.286. The molecule has 2 aromatic rings. The van der Waals surface area contributed by atoms with E-state index in [0.717, 1.165) is 23.0 Å². The van der Waals surface area contributed by atoms with Gasteiger partial charge in [0.15, 0.2) is 0 Å². The van der Waals surface area contributed by atoms with Crippen molar-refractivity contribution in [1.29, 1.82) is 0 Å². The van der Waals surface area contributed by atoms with Gasteiger partial charge in [0, 0.05) is 15.4 Å². The van der Waals surface area contributed by atoms with Crippen molar-refractivity contribution in [2.75, 3.05) is 6.54 Å². The van der Waals surface area contributed by atoms with Gasteiger partial charge in [0.05, 0.1) is 10.5 Å². The van der Waals surface area contributed by atoms with Crippen LogP contribution in [0.1, 0.15) is 30.5 Å². The van der Waals surface area contributed by atoms with Crippen LogP contribution in [0.5, 0.6) is 0 Å². The first kappa shape index (κ1) is 15.2. The Hall–Kier alpha value is -0.230. The number of nitrogens with one attached hydrogen (secondary N) is 1. The Morgan fingerprint density at radius 2 is 2.00 bits per heavy atom. The van der Waals surface area contributed by atoms with Crippen LogP contribution in [0.4, 0.5) is 4.39 Å². The molecule has 0 amide bonds. The fourth-order valence-electron chi connectivity index (χ4n) is 1.92. The fourth-order valence-corrected chi connectivity index (χ4v) is 3.85. The molecule has 1 aromatic carbocycles. The molecule has 1 heterocycles. The van der Waals surface area contributed by atoms with Gasteiger partial charge >= 0.3 is 0 Å². The lowest BCUT2D eigenvalue weighted by Gasteiger charge is -2.20. The molecule has 0 aliphatic rings. The zero-order valence-electron chi connectivity index (χ0n) is 10.4. The van der Waals surface area contributed by atoms with Crippen LogP contribution in [-0.2, 0) is 0 Å². The summed E-state index contributed by atoms with van der Waals surface area (Å²) in [5, 5.41) is 7.49. The zero-order valence-corrected chi connectivity index (χ0v) is 14.4. The van der Waals surface area contributed by atoms with E-state index in [1.54, 1.807) is 17.4 Å². The molecule has 0 aliphatic carbocycles. The van der Waals surface area contributed by atoms with E-state index in [9.17, 15) is 4.39 Å². The molecule has 0 fully saturated rings. The van der Waals surface area contributed by atoms with Crippen molar-refractivity contribution in [1.82, 2.24) is 5.32 Å². The molecule has 5 heteroatoms. The van der Waals surface area contributed by atoms with Crippen LogP contribution in [0.3, 0.4) is 0 Å². The second kappa shape index (κ2) is 6.97. The van der Waals surface area contributed by atoms with Crippen molar-refractivity contribution < 1.29 is 4.39 Å². The second-order valence-corrected chi connectivity index (χ2v) is 6.66. The van der Waals surface area contributed by atoms with Gasteiger partial charge in [-0.15, -0.1) is 0 Å². The number of thiophene rings is 1. The van der Waals surface area contributed by atoms with E-state index in [4.69, 9.17) is 0 Å². The molecular formula is C14H14Br2FNS. The SMILES string of the molecule is CCCNC(c1cscc1Br)c1cccc(Br)c1F. The molecule has 102 valence electrons. The number of hydrogen-bond donors (Lipinski definition) is 1. The van der Waals surface area contributed by atoms with Gasteiger partial charge in [0.25, 0.3) is 0 Å². The van der Waals surface area contributed by atoms with Crippen LogP contribution in [-0.4, -0.2) is 6.54 Å². The van der Waals surface area contributed by atoms with E-state index in [2.05, 4.69) is 49.5 Å². The maximum Gasteiger partial charge on any atom is 0.142 e. The van der Waals surface area contributed by atoms with Crippen molar-refractivity contribution in [3.05, 3.63) is 54.8 Å². The Morgan fingerprint density at radius 3 is 2.63 bits per heavy atom. The monoisotopic (exact) mass is 405 g/mol. The van der Waals surface area contributed by atoms with Crippen LogP contribution in [0.2, 0.25) is 0 Å². The van der Waals surface area contributed by atoms with Crippen LogP contribution >= 0.6 is 43.2 Å². The Morgan fingerprint density at radius 1 is 1.21 bits per heavy atom. The number of halogens is 3. The Kier molecular flexibility index (Phi) is 5.57. The Bertz CT molecular complexity index is 556. The first-order valence-electron chi connectivity index (χ1n) is 6.04. The quantitative estimate of drug-likeness (QED) is 0.690. The highest BCUT2D eigenvalue weighted by Gasteiger charge is 2.21. The molecule has 0 saturated heterocycles. The van der Waals surface area contributed by atoms with Gasteiger partial charge in [0.2, 0.25) is 0 Å². The normalized spacial score (nSPS) is 12.6. The van der Waals surface area contributed by atoms with Crippen LogP contribution < -0.4 is 5.32 Å². The lowest BCUT2D eigenvalue weighted by Crippen LogP contribution is -2.24. The first-order chi connectivity index (χ1) is 9.15. The Labute approximate surface area is 133 Å². The van der Waals surface area contributed by atoms with Crippen molar-refractivity contribution in [3.63, 3.8) is 0 Å². The Balaban J connectivity index is 2.43. The highest BCUT2D eigenvalue weighted by atomic mass is 79.9. The highest BCUT2D eigenvalue weighted by molar-refractivity contribution is 9.10. The third-order valence-corrected chi connectivity index (χ3v) is 5.21. The minimum absolute atomic E-state index is 0.127. The van der Waals surface area contributed by atoms with Crippen LogP contribution in [0.25, 0.3) is 0 Å². The maximum absolute atomic E-state index is 14.3. The van der Waals surface area contributed by atoms with Crippen molar-refractivity contribution in [3.8, 4) is 0 Å². The van der Waals surface area contributed by atoms with Gasteiger partial charge in [0.1, 0.15) is 5.82 Å². The predicted molar refractivity (Wildman–Crippen MR) is 86.3 cm³/mol. The molecule has 19 heavy (non-hydrogen) atoms. The minimum atomic E-state index is -0.200. The molecule has 0 radical (unpaired) electrons. The molecule has 1 unspecified atom stereocenters. The molecular weight excluding hydrogens is 393 g/mol. The summed E-state index contributed by atoms with van der Waals surface area (Å²) in [6.07, 6.45) is 1.01. The maximum atomic E-state index is 14.3. The van der Waals surface area contributed by atoms with E-state index < -0.39 is 0 Å². The number of rotatable bonds is 5. The molecule has 0 saturated carbocycles. The van der Waals surface area contributed by atoms with Gasteiger partial charge in [-0.25, -0.2) is 4.39 Å². The summed E-state index contributed by atoms with van der Waals surface area (Å²) in [4.78, 5) is 0. The summed E-state index contributed by atoms with van der Waals surface area (Å²) >= 11 is 8.40. The molecule has 0 aliphatic heterocycles. The average Bonchev–Trinajstić information content (AvgIpc) is 2.81. The minimum Gasteiger partial charge on any atom is -0.306 e. The first-order valence-corrected chi connectivity index (χ1v) is 8.57. The van der Waals surface area contributed by atoms with Gasteiger partial charge in [-0.1, -0.05) is 19.1 Å². The third-order valence-electron chi connectivity index (χ3n) is 2.84. The van der Waals surface area contributed by atoms with Crippen LogP contribution in [0, 0.1) is 5.82 Å². The molecule has 1 aromatic heterocycles. The summed E-state index contributed by atoms with van der Waals surface area (Å²) in [5.74, 6) is -0.200. The van der Waals surface area contributed by atoms with Gasteiger partial charge in [-0.05, 0) is 61.8 Å². The van der Waals surface area contributed by atoms with Crippen molar-refractivity contribution in [2.45, 2.75) is 19.4 Å². The topological polar surface area (TPSA) is 12.0 Å². The van der Waals surface area contributed by atoms with E-state index in [-0.39, 0.29) is 11.9 Å². The largest absolute Gasteiger partial charge is 0.306 e. The highest BCUT2D eigenvalue weighted by Crippen LogP contribution is 2.34. The summed E-state index contributed by atoms with van der Waals surface area (Å²) in [5.41, 5.74) is 1.75. The molecule has 1 atom stereocenters. The van der Waals surface area contributed by atoms with Crippen LogP contribution in [0.15, 0.2) is 37.9 Å². The van der Waals surface area contributed by atoms with Gasteiger partial charge < -0.3 is 5.32 Å². The summed E-state index contributed by atoms with van der Waals surface area (Å²) in [7, 11) is 0. The lowest BCUT2D eigenvalue weighted by atomic mass is 10.0. The zero-order chi connectivity index (χ0) is 13.8. The third kappa shape index (κ3) is 3.45. The standard InChI is InChI=1S/C14H14Br2FNS/c1-2-6-18-14(10-7-19-8-12(10)16)9-4-3-5-11(15)13(9)17/h3-5,7-8,14,18H,2,6H2,1H3. The predicted octanol–water partition coefficient (Wildman–Crippen LogP) is 5.50. The second-order valence-electron chi connectivity index (χ2n) is 4.21. The van der Waals surface area contributed by atoms with Gasteiger partial charge in [-0.3, -0.25) is 0 Å². The molecule has 2 rings (SSSR count). The molecule has 0 bridgehead atoms. The van der Waals surface area contributed by atoms with E-state index in [0.29, 0.717) is 10.0 Å². The number of benzene rings is 1. The molecule has 1 N–H and O–H groups in total. The van der Waals surface area contributed by atoms with Crippen molar-refractivity contribution in [2.24, 2.45) is 0 Å². The van der Waals surface area contributed by atoms with E-state index in [1.165, 1.54) is 0 Å². The summed E-state index contributed by atoms with van der Waals surface area (Å²) in [6.45, 7) is 2.95. The smallest absolute Gasteiger partial charge is 0.142 e. The lowest BCUT2D eigenvalue weighted by molar-refractivity contribution is 0.543. The summed E-state index contributed by atoms with van der Waals surface area (Å²) < 4.78 is 15.8. The molecule has 1 nitrogen and oxygen atoms in total. The average molecular weight is 407 g/mol.